The summed E-state index contributed by atoms with van der Waals surface area (Å²) in [7, 11) is 0. The number of rotatable bonds is 0. The molecule has 0 N–H and O–H groups in total. The lowest BCUT2D eigenvalue weighted by Crippen LogP contribution is -2.27. The van der Waals surface area contributed by atoms with Crippen LogP contribution in [-0.4, -0.2) is 0 Å². The Balaban J connectivity index is 1.87. The van der Waals surface area contributed by atoms with E-state index in [4.69, 9.17) is 0 Å². The normalized spacial score (nSPS) is 37.7. The van der Waals surface area contributed by atoms with E-state index in [0.717, 1.165) is 11.8 Å². The van der Waals surface area contributed by atoms with Crippen LogP contribution in [0.15, 0.2) is 11.1 Å². The van der Waals surface area contributed by atoms with Crippen LogP contribution in [0.1, 0.15) is 64.2 Å². The number of fused-ring (bicyclic) bond motifs is 2. The monoisotopic (exact) mass is 190 g/mol. The SMILES string of the molecule is C1CCC2=C(C1)CCC1CCCCC21. The molecule has 14 heavy (non-hydrogen) atoms. The molecule has 2 atom stereocenters. The molecule has 3 aliphatic rings. The van der Waals surface area contributed by atoms with Crippen molar-refractivity contribution in [3.05, 3.63) is 11.1 Å². The maximum Gasteiger partial charge on any atom is -0.0172 e. The second kappa shape index (κ2) is 3.72. The summed E-state index contributed by atoms with van der Waals surface area (Å²) in [6.07, 6.45) is 15.0. The summed E-state index contributed by atoms with van der Waals surface area (Å²) >= 11 is 0. The minimum absolute atomic E-state index is 1.05. The van der Waals surface area contributed by atoms with Crippen molar-refractivity contribution in [2.24, 2.45) is 11.8 Å². The Morgan fingerprint density at radius 2 is 1.57 bits per heavy atom. The summed E-state index contributed by atoms with van der Waals surface area (Å²) in [5.74, 6) is 2.15. The third-order valence-corrected chi connectivity index (χ3v) is 4.80. The van der Waals surface area contributed by atoms with Gasteiger partial charge in [0.25, 0.3) is 0 Å². The van der Waals surface area contributed by atoms with Gasteiger partial charge in [-0.15, -0.1) is 0 Å². The van der Waals surface area contributed by atoms with Gasteiger partial charge < -0.3 is 0 Å². The molecule has 3 rings (SSSR count). The van der Waals surface area contributed by atoms with Gasteiger partial charge in [0.2, 0.25) is 0 Å². The molecule has 78 valence electrons. The molecular weight excluding hydrogens is 168 g/mol. The molecule has 0 aromatic rings. The van der Waals surface area contributed by atoms with Gasteiger partial charge >= 0.3 is 0 Å². The van der Waals surface area contributed by atoms with Crippen molar-refractivity contribution in [2.75, 3.05) is 0 Å². The number of hydrogen-bond acceptors (Lipinski definition) is 0. The minimum atomic E-state index is 1.05. The fourth-order valence-electron chi connectivity index (χ4n) is 4.10. The Kier molecular flexibility index (Phi) is 2.39. The zero-order chi connectivity index (χ0) is 9.38. The van der Waals surface area contributed by atoms with E-state index in [-0.39, 0.29) is 0 Å². The Labute approximate surface area is 87.8 Å². The quantitative estimate of drug-likeness (QED) is 0.495. The summed E-state index contributed by atoms with van der Waals surface area (Å²) in [6, 6.07) is 0. The first kappa shape index (κ1) is 9.00. The first-order valence-electron chi connectivity index (χ1n) is 6.66. The van der Waals surface area contributed by atoms with E-state index in [1.165, 1.54) is 57.8 Å². The molecule has 0 bridgehead atoms. The molecule has 0 saturated heterocycles. The van der Waals surface area contributed by atoms with Crippen molar-refractivity contribution in [3.8, 4) is 0 Å². The lowest BCUT2D eigenvalue weighted by Gasteiger charge is -2.40. The molecule has 0 aromatic carbocycles. The predicted octanol–water partition coefficient (Wildman–Crippen LogP) is 4.46. The molecule has 0 spiro atoms. The topological polar surface area (TPSA) is 0 Å². The van der Waals surface area contributed by atoms with E-state index < -0.39 is 0 Å². The third-order valence-electron chi connectivity index (χ3n) is 4.80. The van der Waals surface area contributed by atoms with Crippen LogP contribution >= 0.6 is 0 Å². The molecule has 0 heterocycles. The number of hydrogen-bond donors (Lipinski definition) is 0. The molecular formula is C14H22. The Morgan fingerprint density at radius 1 is 0.714 bits per heavy atom. The molecule has 3 aliphatic carbocycles. The summed E-state index contributed by atoms with van der Waals surface area (Å²) in [6.45, 7) is 0. The van der Waals surface area contributed by atoms with E-state index in [0.29, 0.717) is 0 Å². The summed E-state index contributed by atoms with van der Waals surface area (Å²) in [4.78, 5) is 0. The third kappa shape index (κ3) is 1.43. The van der Waals surface area contributed by atoms with Gasteiger partial charge in [-0.05, 0) is 63.2 Å². The van der Waals surface area contributed by atoms with E-state index in [9.17, 15) is 0 Å². The highest BCUT2D eigenvalue weighted by molar-refractivity contribution is 5.24. The van der Waals surface area contributed by atoms with Gasteiger partial charge in [-0.2, -0.15) is 0 Å². The lowest BCUT2D eigenvalue weighted by atomic mass is 9.65. The Morgan fingerprint density at radius 3 is 2.57 bits per heavy atom. The summed E-state index contributed by atoms with van der Waals surface area (Å²) < 4.78 is 0. The zero-order valence-corrected chi connectivity index (χ0v) is 9.23. The van der Waals surface area contributed by atoms with Crippen molar-refractivity contribution in [3.63, 3.8) is 0 Å². The summed E-state index contributed by atoms with van der Waals surface area (Å²) in [5.41, 5.74) is 3.85. The lowest BCUT2D eigenvalue weighted by molar-refractivity contribution is 0.229. The van der Waals surface area contributed by atoms with Gasteiger partial charge in [-0.3, -0.25) is 0 Å². The van der Waals surface area contributed by atoms with Crippen LogP contribution in [0.5, 0.6) is 0 Å². The molecule has 1 fully saturated rings. The molecule has 1 saturated carbocycles. The standard InChI is InChI=1S/C14H22/c1-3-7-13-11(5-1)9-10-12-6-2-4-8-14(12)13/h11,13H,1-10H2. The maximum absolute atomic E-state index is 1.95. The second-order valence-corrected chi connectivity index (χ2v) is 5.53. The largest absolute Gasteiger partial charge is 0.0707 e. The molecule has 0 aromatic heterocycles. The molecule has 0 heteroatoms. The Hall–Kier alpha value is -0.260. The van der Waals surface area contributed by atoms with E-state index in [1.54, 1.807) is 6.42 Å². The minimum Gasteiger partial charge on any atom is -0.0707 e. The van der Waals surface area contributed by atoms with Gasteiger partial charge in [0.05, 0.1) is 0 Å². The van der Waals surface area contributed by atoms with E-state index >= 15 is 0 Å². The van der Waals surface area contributed by atoms with Gasteiger partial charge in [-0.25, -0.2) is 0 Å². The van der Waals surface area contributed by atoms with E-state index in [1.807, 2.05) is 11.1 Å². The Bertz CT molecular complexity index is 249. The second-order valence-electron chi connectivity index (χ2n) is 5.53. The zero-order valence-electron chi connectivity index (χ0n) is 9.23. The van der Waals surface area contributed by atoms with Crippen molar-refractivity contribution in [1.29, 1.82) is 0 Å². The fourth-order valence-corrected chi connectivity index (χ4v) is 4.10. The van der Waals surface area contributed by atoms with Gasteiger partial charge in [0.15, 0.2) is 0 Å². The van der Waals surface area contributed by atoms with Crippen molar-refractivity contribution in [2.45, 2.75) is 64.2 Å². The van der Waals surface area contributed by atoms with Crippen molar-refractivity contribution in [1.82, 2.24) is 0 Å². The van der Waals surface area contributed by atoms with Crippen LogP contribution in [-0.2, 0) is 0 Å². The van der Waals surface area contributed by atoms with E-state index in [2.05, 4.69) is 0 Å². The summed E-state index contributed by atoms with van der Waals surface area (Å²) in [5, 5.41) is 0. The predicted molar refractivity (Wildman–Crippen MR) is 60.2 cm³/mol. The maximum atomic E-state index is 1.95. The number of allylic oxidation sites excluding steroid dienone is 2. The smallest absolute Gasteiger partial charge is 0.0172 e. The molecule has 2 unspecified atom stereocenters. The van der Waals surface area contributed by atoms with Crippen molar-refractivity contribution >= 4 is 0 Å². The van der Waals surface area contributed by atoms with Crippen LogP contribution < -0.4 is 0 Å². The first-order chi connectivity index (χ1) is 6.95. The first-order valence-corrected chi connectivity index (χ1v) is 6.66. The average Bonchev–Trinajstić information content (AvgIpc) is 2.29. The van der Waals surface area contributed by atoms with Crippen LogP contribution in [0.25, 0.3) is 0 Å². The highest BCUT2D eigenvalue weighted by Gasteiger charge is 2.33. The van der Waals surface area contributed by atoms with Gasteiger partial charge in [0.1, 0.15) is 0 Å². The molecule has 0 nitrogen and oxygen atoms in total. The van der Waals surface area contributed by atoms with Crippen LogP contribution in [0.2, 0.25) is 0 Å². The highest BCUT2D eigenvalue weighted by Crippen LogP contribution is 2.47. The molecule has 0 aliphatic heterocycles. The van der Waals surface area contributed by atoms with Crippen LogP contribution in [0, 0.1) is 11.8 Å². The average molecular weight is 190 g/mol. The molecule has 0 radical (unpaired) electrons. The fraction of sp³-hybridized carbons (Fsp3) is 0.857. The van der Waals surface area contributed by atoms with Crippen LogP contribution in [0.3, 0.4) is 0 Å². The van der Waals surface area contributed by atoms with Gasteiger partial charge in [-0.1, -0.05) is 24.0 Å². The molecule has 0 amide bonds. The van der Waals surface area contributed by atoms with Crippen molar-refractivity contribution < 1.29 is 0 Å². The van der Waals surface area contributed by atoms with Gasteiger partial charge in [0, 0.05) is 0 Å². The highest BCUT2D eigenvalue weighted by atomic mass is 14.4. The van der Waals surface area contributed by atoms with Crippen LogP contribution in [0.4, 0.5) is 0 Å².